The number of rotatable bonds is 2. The smallest absolute Gasteiger partial charge is 0.225 e. The first-order valence-electron chi connectivity index (χ1n) is 7.49. The van der Waals surface area contributed by atoms with Gasteiger partial charge in [0.25, 0.3) is 0 Å². The maximum atomic E-state index is 6.20. The molecule has 0 bridgehead atoms. The van der Waals surface area contributed by atoms with Crippen molar-refractivity contribution in [3.63, 3.8) is 0 Å². The van der Waals surface area contributed by atoms with Gasteiger partial charge in [0.1, 0.15) is 17.3 Å². The van der Waals surface area contributed by atoms with Gasteiger partial charge in [-0.25, -0.2) is 9.97 Å². The highest BCUT2D eigenvalue weighted by Gasteiger charge is 2.25. The van der Waals surface area contributed by atoms with Gasteiger partial charge < -0.3 is 10.5 Å². The highest BCUT2D eigenvalue weighted by molar-refractivity contribution is 7.18. The molecule has 2 aliphatic rings. The third kappa shape index (κ3) is 2.09. The topological polar surface area (TPSA) is 61.0 Å². The molecule has 2 aromatic rings. The van der Waals surface area contributed by atoms with Crippen LogP contribution in [0.1, 0.15) is 42.5 Å². The summed E-state index contributed by atoms with van der Waals surface area (Å²) < 4.78 is 6.20. The van der Waals surface area contributed by atoms with E-state index >= 15 is 0 Å². The molecule has 106 valence electrons. The van der Waals surface area contributed by atoms with Crippen molar-refractivity contribution in [2.75, 3.05) is 0 Å². The maximum Gasteiger partial charge on any atom is 0.225 e. The molecule has 2 aromatic heterocycles. The number of fused-ring (bicyclic) bond motifs is 3. The van der Waals surface area contributed by atoms with Crippen LogP contribution >= 0.6 is 11.3 Å². The fourth-order valence-corrected chi connectivity index (χ4v) is 4.57. The summed E-state index contributed by atoms with van der Waals surface area (Å²) in [6.45, 7) is 0. The minimum Gasteiger partial charge on any atom is -0.474 e. The molecule has 5 heteroatoms. The van der Waals surface area contributed by atoms with Gasteiger partial charge >= 0.3 is 0 Å². The van der Waals surface area contributed by atoms with Crippen molar-refractivity contribution in [3.05, 3.63) is 16.8 Å². The van der Waals surface area contributed by atoms with Crippen molar-refractivity contribution in [1.29, 1.82) is 0 Å². The van der Waals surface area contributed by atoms with E-state index in [-0.39, 0.29) is 6.10 Å². The second-order valence-corrected chi connectivity index (χ2v) is 6.95. The summed E-state index contributed by atoms with van der Waals surface area (Å²) in [5, 5.41) is 1.18. The zero-order valence-electron chi connectivity index (χ0n) is 11.5. The van der Waals surface area contributed by atoms with Crippen LogP contribution in [0.2, 0.25) is 0 Å². The lowest BCUT2D eigenvalue weighted by Crippen LogP contribution is -2.31. The molecule has 2 heterocycles. The Bertz CT molecular complexity index is 631. The molecule has 1 saturated carbocycles. The summed E-state index contributed by atoms with van der Waals surface area (Å²) in [7, 11) is 0. The molecule has 4 nitrogen and oxygen atoms in total. The molecule has 4 rings (SSSR count). The SMILES string of the molecule is N[C@H]1CC[C@H](Oc2ncnc3sc4c(c23)CCC4)CC1. The standard InChI is InChI=1S/C15H19N3OS/c16-9-4-6-10(7-5-9)19-14-13-11-2-1-3-12(11)20-15(13)18-8-17-14/h8-10H,1-7,16H2/t9-,10-. The normalized spacial score (nSPS) is 25.9. The minimum atomic E-state index is 0.268. The van der Waals surface area contributed by atoms with E-state index in [1.165, 1.54) is 28.7 Å². The average Bonchev–Trinajstić information content (AvgIpc) is 3.02. The fraction of sp³-hybridized carbons (Fsp3) is 0.600. The summed E-state index contributed by atoms with van der Waals surface area (Å²) in [5.74, 6) is 0.801. The molecular formula is C15H19N3OS. The van der Waals surface area contributed by atoms with Crippen LogP contribution in [0.5, 0.6) is 5.88 Å². The highest BCUT2D eigenvalue weighted by Crippen LogP contribution is 2.40. The van der Waals surface area contributed by atoms with Crippen LogP contribution in [0.25, 0.3) is 10.2 Å². The van der Waals surface area contributed by atoms with Gasteiger partial charge in [-0.3, -0.25) is 0 Å². The lowest BCUT2D eigenvalue weighted by atomic mass is 9.94. The Morgan fingerprint density at radius 3 is 2.85 bits per heavy atom. The van der Waals surface area contributed by atoms with Crippen molar-refractivity contribution >= 4 is 21.6 Å². The first-order chi connectivity index (χ1) is 9.81. The first kappa shape index (κ1) is 12.5. The van der Waals surface area contributed by atoms with Crippen molar-refractivity contribution in [2.24, 2.45) is 5.73 Å². The van der Waals surface area contributed by atoms with Gasteiger partial charge in [0, 0.05) is 10.9 Å². The fourth-order valence-electron chi connectivity index (χ4n) is 3.35. The van der Waals surface area contributed by atoms with Crippen LogP contribution in [0.15, 0.2) is 6.33 Å². The van der Waals surface area contributed by atoms with E-state index in [0.717, 1.165) is 42.8 Å². The number of thiophene rings is 1. The summed E-state index contributed by atoms with van der Waals surface area (Å²) in [6, 6.07) is 0.352. The van der Waals surface area contributed by atoms with Crippen LogP contribution in [0.4, 0.5) is 0 Å². The molecule has 0 atom stereocenters. The number of hydrogen-bond acceptors (Lipinski definition) is 5. The molecule has 1 fully saturated rings. The number of nitrogens with two attached hydrogens (primary N) is 1. The molecule has 0 spiro atoms. The van der Waals surface area contributed by atoms with Crippen LogP contribution < -0.4 is 10.5 Å². The predicted molar refractivity (Wildman–Crippen MR) is 80.3 cm³/mol. The lowest BCUT2D eigenvalue weighted by Gasteiger charge is -2.26. The van der Waals surface area contributed by atoms with E-state index in [1.54, 1.807) is 6.33 Å². The van der Waals surface area contributed by atoms with Crippen LogP contribution in [-0.4, -0.2) is 22.1 Å². The van der Waals surface area contributed by atoms with E-state index < -0.39 is 0 Å². The molecule has 0 amide bonds. The molecule has 0 aliphatic heterocycles. The Hall–Kier alpha value is -1.20. The highest BCUT2D eigenvalue weighted by atomic mass is 32.1. The zero-order chi connectivity index (χ0) is 13.5. The number of aromatic nitrogens is 2. The quantitative estimate of drug-likeness (QED) is 0.923. The van der Waals surface area contributed by atoms with Crippen LogP contribution in [0.3, 0.4) is 0 Å². The molecule has 2 aliphatic carbocycles. The zero-order valence-corrected chi connectivity index (χ0v) is 12.3. The largest absolute Gasteiger partial charge is 0.474 e. The molecule has 20 heavy (non-hydrogen) atoms. The Labute approximate surface area is 122 Å². The van der Waals surface area contributed by atoms with Crippen molar-refractivity contribution in [1.82, 2.24) is 9.97 Å². The van der Waals surface area contributed by atoms with E-state index in [0.29, 0.717) is 6.04 Å². The van der Waals surface area contributed by atoms with E-state index in [4.69, 9.17) is 10.5 Å². The van der Waals surface area contributed by atoms with Gasteiger partial charge in [-0.1, -0.05) is 0 Å². The number of nitrogens with zero attached hydrogens (tertiary/aromatic N) is 2. The monoisotopic (exact) mass is 289 g/mol. The van der Waals surface area contributed by atoms with Gasteiger partial charge in [0.15, 0.2) is 0 Å². The van der Waals surface area contributed by atoms with E-state index in [2.05, 4.69) is 9.97 Å². The Morgan fingerprint density at radius 2 is 2.00 bits per heavy atom. The molecule has 0 saturated heterocycles. The van der Waals surface area contributed by atoms with Gasteiger partial charge in [-0.2, -0.15) is 0 Å². The third-order valence-electron chi connectivity index (χ3n) is 4.46. The molecule has 2 N–H and O–H groups in total. The lowest BCUT2D eigenvalue weighted by molar-refractivity contribution is 0.143. The molecule has 0 aromatic carbocycles. The second kappa shape index (κ2) is 4.97. The van der Waals surface area contributed by atoms with E-state index in [9.17, 15) is 0 Å². The predicted octanol–water partition coefficient (Wildman–Crippen LogP) is 2.83. The van der Waals surface area contributed by atoms with Crippen LogP contribution in [0, 0.1) is 0 Å². The van der Waals surface area contributed by atoms with Gasteiger partial charge in [-0.05, 0) is 50.5 Å². The number of hydrogen-bond donors (Lipinski definition) is 1. The first-order valence-corrected chi connectivity index (χ1v) is 8.30. The van der Waals surface area contributed by atoms with Crippen molar-refractivity contribution < 1.29 is 4.74 Å². The van der Waals surface area contributed by atoms with Gasteiger partial charge in [-0.15, -0.1) is 11.3 Å². The maximum absolute atomic E-state index is 6.20. The number of ether oxygens (including phenoxy) is 1. The summed E-state index contributed by atoms with van der Waals surface area (Å²) in [6.07, 6.45) is 9.69. The molecule has 0 unspecified atom stereocenters. The number of aryl methyl sites for hydroxylation is 2. The Kier molecular flexibility index (Phi) is 3.11. The van der Waals surface area contributed by atoms with Crippen LogP contribution in [-0.2, 0) is 12.8 Å². The average molecular weight is 289 g/mol. The Morgan fingerprint density at radius 1 is 1.15 bits per heavy atom. The second-order valence-electron chi connectivity index (χ2n) is 5.87. The van der Waals surface area contributed by atoms with Gasteiger partial charge in [0.2, 0.25) is 5.88 Å². The molecule has 0 radical (unpaired) electrons. The summed E-state index contributed by atoms with van der Waals surface area (Å²) >= 11 is 1.81. The Balaban J connectivity index is 1.66. The molecular weight excluding hydrogens is 270 g/mol. The minimum absolute atomic E-state index is 0.268. The third-order valence-corrected chi connectivity index (χ3v) is 5.66. The summed E-state index contributed by atoms with van der Waals surface area (Å²) in [5.41, 5.74) is 7.40. The summed E-state index contributed by atoms with van der Waals surface area (Å²) in [4.78, 5) is 11.4. The van der Waals surface area contributed by atoms with Gasteiger partial charge in [0.05, 0.1) is 5.39 Å². The van der Waals surface area contributed by atoms with E-state index in [1.807, 2.05) is 11.3 Å². The van der Waals surface area contributed by atoms with Crippen molar-refractivity contribution in [3.8, 4) is 5.88 Å². The van der Waals surface area contributed by atoms with Crippen molar-refractivity contribution in [2.45, 2.75) is 57.1 Å².